The molecule has 122 valence electrons. The molecule has 0 saturated carbocycles. The molecule has 1 aromatic rings. The lowest BCUT2D eigenvalue weighted by molar-refractivity contribution is 0.111. The van der Waals surface area contributed by atoms with Crippen molar-refractivity contribution in [3.05, 3.63) is 28.2 Å². The second-order valence-electron chi connectivity index (χ2n) is 4.93. The van der Waals surface area contributed by atoms with E-state index in [2.05, 4.69) is 9.46 Å². The molecular formula is C13H16Cl2N2O4S. The van der Waals surface area contributed by atoms with Gasteiger partial charge in [0.2, 0.25) is 10.0 Å². The topological polar surface area (TPSA) is 75.7 Å². The van der Waals surface area contributed by atoms with Crippen LogP contribution < -0.4 is 4.72 Å². The molecule has 9 heteroatoms. The largest absolute Gasteiger partial charge is 0.453 e. The molecule has 2 rings (SSSR count). The summed E-state index contributed by atoms with van der Waals surface area (Å²) in [6.45, 7) is 0.867. The van der Waals surface area contributed by atoms with E-state index in [4.69, 9.17) is 23.2 Å². The molecule has 1 saturated heterocycles. The minimum Gasteiger partial charge on any atom is -0.453 e. The Kier molecular flexibility index (Phi) is 5.55. The second-order valence-corrected chi connectivity index (χ2v) is 7.45. The smallest absolute Gasteiger partial charge is 0.409 e. The molecule has 0 spiro atoms. The van der Waals surface area contributed by atoms with E-state index in [0.717, 1.165) is 0 Å². The molecule has 1 fully saturated rings. The van der Waals surface area contributed by atoms with E-state index in [1.807, 2.05) is 0 Å². The van der Waals surface area contributed by atoms with Gasteiger partial charge in [-0.25, -0.2) is 17.9 Å². The van der Waals surface area contributed by atoms with Crippen molar-refractivity contribution in [3.63, 3.8) is 0 Å². The van der Waals surface area contributed by atoms with E-state index in [9.17, 15) is 13.2 Å². The minimum absolute atomic E-state index is 0.0444. The zero-order valence-corrected chi connectivity index (χ0v) is 14.2. The van der Waals surface area contributed by atoms with Crippen LogP contribution in [0.5, 0.6) is 0 Å². The van der Waals surface area contributed by atoms with Crippen molar-refractivity contribution in [3.8, 4) is 0 Å². The van der Waals surface area contributed by atoms with Gasteiger partial charge < -0.3 is 9.64 Å². The summed E-state index contributed by atoms with van der Waals surface area (Å²) in [6.07, 6.45) is 0.609. The van der Waals surface area contributed by atoms with Gasteiger partial charge in [0.15, 0.2) is 0 Å². The Morgan fingerprint density at radius 1 is 1.32 bits per heavy atom. The van der Waals surface area contributed by atoms with Gasteiger partial charge in [0.05, 0.1) is 12.1 Å². The monoisotopic (exact) mass is 366 g/mol. The maximum absolute atomic E-state index is 12.4. The molecule has 0 radical (unpaired) electrons. The first-order valence-electron chi connectivity index (χ1n) is 6.64. The van der Waals surface area contributed by atoms with Crippen molar-refractivity contribution in [1.29, 1.82) is 0 Å². The highest BCUT2D eigenvalue weighted by Crippen LogP contribution is 2.25. The number of likely N-dealkylation sites (tertiary alicyclic amines) is 1. The average molecular weight is 367 g/mol. The molecule has 1 heterocycles. The number of nitrogens with one attached hydrogen (secondary N) is 1. The molecular weight excluding hydrogens is 351 g/mol. The van der Waals surface area contributed by atoms with E-state index in [0.29, 0.717) is 31.0 Å². The van der Waals surface area contributed by atoms with Crippen LogP contribution in [-0.2, 0) is 14.8 Å². The van der Waals surface area contributed by atoms with Crippen LogP contribution in [0.25, 0.3) is 0 Å². The van der Waals surface area contributed by atoms with Crippen molar-refractivity contribution < 1.29 is 17.9 Å². The molecule has 1 aliphatic heterocycles. The van der Waals surface area contributed by atoms with Crippen molar-refractivity contribution in [2.75, 3.05) is 20.2 Å². The zero-order chi connectivity index (χ0) is 16.3. The number of piperidine rings is 1. The van der Waals surface area contributed by atoms with Gasteiger partial charge >= 0.3 is 6.09 Å². The van der Waals surface area contributed by atoms with Crippen molar-refractivity contribution in [2.45, 2.75) is 23.8 Å². The van der Waals surface area contributed by atoms with Gasteiger partial charge in [0, 0.05) is 24.2 Å². The predicted molar refractivity (Wildman–Crippen MR) is 83.8 cm³/mol. The van der Waals surface area contributed by atoms with E-state index in [1.165, 1.54) is 30.2 Å². The minimum atomic E-state index is -3.76. The number of rotatable bonds is 3. The highest BCUT2D eigenvalue weighted by Gasteiger charge is 2.28. The Morgan fingerprint density at radius 3 is 2.55 bits per heavy atom. The van der Waals surface area contributed by atoms with Gasteiger partial charge in [0.1, 0.15) is 4.90 Å². The molecule has 0 bridgehead atoms. The average Bonchev–Trinajstić information content (AvgIpc) is 2.49. The molecule has 0 aliphatic carbocycles. The van der Waals surface area contributed by atoms with Crippen molar-refractivity contribution in [1.82, 2.24) is 9.62 Å². The molecule has 1 amide bonds. The lowest BCUT2D eigenvalue weighted by atomic mass is 10.1. The number of hydrogen-bond acceptors (Lipinski definition) is 4. The fourth-order valence-corrected chi connectivity index (χ4v) is 4.34. The third-order valence-corrected chi connectivity index (χ3v) is 5.67. The summed E-state index contributed by atoms with van der Waals surface area (Å²) in [7, 11) is -2.44. The van der Waals surface area contributed by atoms with Crippen molar-refractivity contribution in [2.24, 2.45) is 0 Å². The standard InChI is InChI=1S/C13H16Cl2N2O4S/c1-21-13(18)17-6-4-10(5-7-17)16-22(19,20)12-8-9(14)2-3-11(12)15/h2-3,8,10,16H,4-7H2,1H3. The normalized spacial score (nSPS) is 16.6. The fourth-order valence-electron chi connectivity index (χ4n) is 2.28. The second kappa shape index (κ2) is 7.04. The number of carbonyl (C=O) groups is 1. The quantitative estimate of drug-likeness (QED) is 0.891. The summed E-state index contributed by atoms with van der Waals surface area (Å²) >= 11 is 11.8. The van der Waals surface area contributed by atoms with Crippen LogP contribution in [-0.4, -0.2) is 45.7 Å². The van der Waals surface area contributed by atoms with Crippen LogP contribution in [0, 0.1) is 0 Å². The summed E-state index contributed by atoms with van der Waals surface area (Å²) < 4.78 is 32.0. The summed E-state index contributed by atoms with van der Waals surface area (Å²) in [5.74, 6) is 0. The molecule has 1 aromatic carbocycles. The van der Waals surface area contributed by atoms with Gasteiger partial charge in [-0.15, -0.1) is 0 Å². The lowest BCUT2D eigenvalue weighted by Crippen LogP contribution is -2.46. The molecule has 1 N–H and O–H groups in total. The molecule has 1 aliphatic rings. The molecule has 0 atom stereocenters. The van der Waals surface area contributed by atoms with Gasteiger partial charge in [-0.2, -0.15) is 0 Å². The highest BCUT2D eigenvalue weighted by atomic mass is 35.5. The Morgan fingerprint density at radius 2 is 1.95 bits per heavy atom. The first-order valence-corrected chi connectivity index (χ1v) is 8.87. The van der Waals surface area contributed by atoms with Crippen LogP contribution in [0.3, 0.4) is 0 Å². The summed E-state index contributed by atoms with van der Waals surface area (Å²) in [4.78, 5) is 12.9. The van der Waals surface area contributed by atoms with Gasteiger partial charge in [-0.1, -0.05) is 23.2 Å². The maximum Gasteiger partial charge on any atom is 0.409 e. The van der Waals surface area contributed by atoms with Crippen LogP contribution in [0.1, 0.15) is 12.8 Å². The maximum atomic E-state index is 12.4. The number of ether oxygens (including phenoxy) is 1. The first-order chi connectivity index (χ1) is 10.3. The first kappa shape index (κ1) is 17.3. The van der Waals surface area contributed by atoms with E-state index >= 15 is 0 Å². The third-order valence-electron chi connectivity index (χ3n) is 3.43. The number of amides is 1. The van der Waals surface area contributed by atoms with Crippen LogP contribution in [0.4, 0.5) is 4.79 Å². The number of halogens is 2. The summed E-state index contributed by atoms with van der Waals surface area (Å²) in [5.41, 5.74) is 0. The summed E-state index contributed by atoms with van der Waals surface area (Å²) in [5, 5.41) is 0.411. The fraction of sp³-hybridized carbons (Fsp3) is 0.462. The lowest BCUT2D eigenvalue weighted by Gasteiger charge is -2.31. The number of nitrogens with zero attached hydrogens (tertiary/aromatic N) is 1. The number of methoxy groups -OCH3 is 1. The zero-order valence-electron chi connectivity index (χ0n) is 11.9. The molecule has 22 heavy (non-hydrogen) atoms. The Bertz CT molecular complexity index is 658. The van der Waals surface area contributed by atoms with E-state index < -0.39 is 16.1 Å². The van der Waals surface area contributed by atoms with Gasteiger partial charge in [-0.05, 0) is 31.0 Å². The number of benzene rings is 1. The van der Waals surface area contributed by atoms with E-state index in [-0.39, 0.29) is 16.0 Å². The van der Waals surface area contributed by atoms with Crippen LogP contribution >= 0.6 is 23.2 Å². The SMILES string of the molecule is COC(=O)N1CCC(NS(=O)(=O)c2cc(Cl)ccc2Cl)CC1. The van der Waals surface area contributed by atoms with E-state index in [1.54, 1.807) is 0 Å². The Balaban J connectivity index is 2.05. The number of carbonyl (C=O) groups excluding carboxylic acids is 1. The van der Waals surface area contributed by atoms with Gasteiger partial charge in [-0.3, -0.25) is 0 Å². The molecule has 0 unspecified atom stereocenters. The Labute approximate surface area is 139 Å². The number of sulfonamides is 1. The highest BCUT2D eigenvalue weighted by molar-refractivity contribution is 7.89. The molecule has 6 nitrogen and oxygen atoms in total. The van der Waals surface area contributed by atoms with Crippen LogP contribution in [0.15, 0.2) is 23.1 Å². The van der Waals surface area contributed by atoms with Gasteiger partial charge in [0.25, 0.3) is 0 Å². The molecule has 0 aromatic heterocycles. The summed E-state index contributed by atoms with van der Waals surface area (Å²) in [6, 6.07) is 4.02. The number of hydrogen-bond donors (Lipinski definition) is 1. The van der Waals surface area contributed by atoms with Crippen molar-refractivity contribution >= 4 is 39.3 Å². The third kappa shape index (κ3) is 4.04. The van der Waals surface area contributed by atoms with Crippen LogP contribution in [0.2, 0.25) is 10.0 Å². The Hall–Kier alpha value is -1.02. The predicted octanol–water partition coefficient (Wildman–Crippen LogP) is 2.50.